The first-order valence-electron chi connectivity index (χ1n) is 10.3. The average molecular weight is 436 g/mol. The smallest absolute Gasteiger partial charge is 0.262 e. The Morgan fingerprint density at radius 1 is 1.13 bits per heavy atom. The quantitative estimate of drug-likeness (QED) is 0.275. The van der Waals surface area contributed by atoms with Crippen molar-refractivity contribution < 1.29 is 4.79 Å². The minimum absolute atomic E-state index is 0.0914. The molecule has 1 amide bonds. The van der Waals surface area contributed by atoms with Crippen molar-refractivity contribution in [2.45, 2.75) is 50.7 Å². The first-order chi connectivity index (χ1) is 14.9. The lowest BCUT2D eigenvalue weighted by atomic mass is 10.1. The Bertz CT molecular complexity index is 1320. The minimum atomic E-state index is -0.446. The van der Waals surface area contributed by atoms with Crippen molar-refractivity contribution >= 4 is 45.2 Å². The van der Waals surface area contributed by atoms with Gasteiger partial charge in [-0.1, -0.05) is 36.0 Å². The van der Waals surface area contributed by atoms with Crippen molar-refractivity contribution in [1.29, 1.82) is 0 Å². The van der Waals surface area contributed by atoms with Crippen molar-refractivity contribution in [3.05, 3.63) is 59.0 Å². The van der Waals surface area contributed by atoms with Crippen LogP contribution in [0.3, 0.4) is 0 Å². The van der Waals surface area contributed by atoms with E-state index in [0.29, 0.717) is 28.4 Å². The summed E-state index contributed by atoms with van der Waals surface area (Å²) in [7, 11) is 0. The highest BCUT2D eigenvalue weighted by atomic mass is 32.2. The van der Waals surface area contributed by atoms with Crippen molar-refractivity contribution in [3.63, 3.8) is 0 Å². The van der Waals surface area contributed by atoms with E-state index in [1.54, 1.807) is 21.5 Å². The van der Waals surface area contributed by atoms with Crippen LogP contribution in [0.15, 0.2) is 58.6 Å². The molecule has 7 nitrogen and oxygen atoms in total. The maximum absolute atomic E-state index is 13.1. The van der Waals surface area contributed by atoms with Gasteiger partial charge in [0.25, 0.3) is 5.56 Å². The summed E-state index contributed by atoms with van der Waals surface area (Å²) in [5.74, 6) is 0.487. The molecule has 31 heavy (non-hydrogen) atoms. The Balaban J connectivity index is 1.66. The molecule has 4 aromatic rings. The van der Waals surface area contributed by atoms with Gasteiger partial charge in [-0.2, -0.15) is 5.10 Å². The lowest BCUT2D eigenvalue weighted by molar-refractivity contribution is -0.115. The fourth-order valence-corrected chi connectivity index (χ4v) is 4.49. The molecule has 160 valence electrons. The highest BCUT2D eigenvalue weighted by molar-refractivity contribution is 8.00. The fourth-order valence-electron chi connectivity index (χ4n) is 3.52. The number of carbonyl (C=O) groups excluding carboxylic acids is 1. The van der Waals surface area contributed by atoms with Crippen molar-refractivity contribution in [1.82, 2.24) is 19.3 Å². The molecule has 0 bridgehead atoms. The Hall–Kier alpha value is -3.13. The third kappa shape index (κ3) is 4.07. The first kappa shape index (κ1) is 21.1. The average Bonchev–Trinajstić information content (AvgIpc) is 3.21. The van der Waals surface area contributed by atoms with Gasteiger partial charge in [-0.05, 0) is 50.6 Å². The van der Waals surface area contributed by atoms with Gasteiger partial charge in [-0.15, -0.1) is 0 Å². The molecule has 8 heteroatoms. The summed E-state index contributed by atoms with van der Waals surface area (Å²) in [6, 6.07) is 13.6. The zero-order valence-corrected chi connectivity index (χ0v) is 18.8. The number of hydrogen-bond acceptors (Lipinski definition) is 5. The highest BCUT2D eigenvalue weighted by Gasteiger charge is 2.21. The molecule has 0 saturated heterocycles. The third-order valence-electron chi connectivity index (χ3n) is 5.16. The molecule has 1 N–H and O–H groups in total. The number of carbonyl (C=O) groups is 1. The number of nitrogens with one attached hydrogen (secondary N) is 1. The number of hydrogen-bond donors (Lipinski definition) is 1. The van der Waals surface area contributed by atoms with Gasteiger partial charge in [-0.3, -0.25) is 14.2 Å². The van der Waals surface area contributed by atoms with E-state index >= 15 is 0 Å². The largest absolute Gasteiger partial charge is 0.310 e. The normalized spacial score (nSPS) is 12.5. The molecule has 0 fully saturated rings. The number of fused-ring (bicyclic) bond motifs is 2. The predicted octanol–water partition coefficient (Wildman–Crippen LogP) is 4.47. The van der Waals surface area contributed by atoms with Gasteiger partial charge in [0.05, 0.1) is 22.3 Å². The van der Waals surface area contributed by atoms with Gasteiger partial charge in [0, 0.05) is 18.7 Å². The fraction of sp³-hybridized carbons (Fsp3) is 0.304. The maximum Gasteiger partial charge on any atom is 0.262 e. The molecule has 2 heterocycles. The van der Waals surface area contributed by atoms with Crippen LogP contribution in [-0.4, -0.2) is 30.5 Å². The molecule has 0 aliphatic heterocycles. The summed E-state index contributed by atoms with van der Waals surface area (Å²) < 4.78 is 3.39. The van der Waals surface area contributed by atoms with Crippen LogP contribution in [-0.2, 0) is 11.3 Å². The number of thioether (sulfide) groups is 1. The maximum atomic E-state index is 13.1. The molecule has 0 spiro atoms. The van der Waals surface area contributed by atoms with E-state index in [-0.39, 0.29) is 17.5 Å². The van der Waals surface area contributed by atoms with Crippen molar-refractivity contribution in [2.24, 2.45) is 0 Å². The van der Waals surface area contributed by atoms with Gasteiger partial charge in [-0.25, -0.2) is 9.67 Å². The first-order valence-corrected chi connectivity index (χ1v) is 11.2. The monoisotopic (exact) mass is 435 g/mol. The van der Waals surface area contributed by atoms with E-state index < -0.39 is 5.25 Å². The lowest BCUT2D eigenvalue weighted by Gasteiger charge is -2.17. The summed E-state index contributed by atoms with van der Waals surface area (Å²) in [6.45, 7) is 8.21. The third-order valence-corrected chi connectivity index (χ3v) is 6.26. The second-order valence-electron chi connectivity index (χ2n) is 7.66. The number of nitrogens with zero attached hydrogens (tertiary/aromatic N) is 4. The summed E-state index contributed by atoms with van der Waals surface area (Å²) in [4.78, 5) is 30.7. The second-order valence-corrected chi connectivity index (χ2v) is 8.97. The summed E-state index contributed by atoms with van der Waals surface area (Å²) in [5, 5.41) is 9.89. The summed E-state index contributed by atoms with van der Waals surface area (Å²) in [5.41, 5.74) is 0.549. The Kier molecular flexibility index (Phi) is 5.82. The van der Waals surface area contributed by atoms with Crippen LogP contribution < -0.4 is 10.9 Å². The zero-order chi connectivity index (χ0) is 22.1. The lowest BCUT2D eigenvalue weighted by Crippen LogP contribution is -2.27. The molecular formula is C23H25N5O2S. The van der Waals surface area contributed by atoms with Crippen LogP contribution in [0.2, 0.25) is 0 Å². The van der Waals surface area contributed by atoms with E-state index in [1.807, 2.05) is 64.1 Å². The Labute approximate surface area is 184 Å². The van der Waals surface area contributed by atoms with E-state index in [4.69, 9.17) is 4.98 Å². The molecule has 1 atom stereocenters. The Morgan fingerprint density at radius 3 is 2.52 bits per heavy atom. The molecule has 0 saturated carbocycles. The number of benzene rings is 2. The molecule has 1 unspecified atom stereocenters. The highest BCUT2D eigenvalue weighted by Crippen LogP contribution is 2.26. The zero-order valence-electron chi connectivity index (χ0n) is 18.0. The second kappa shape index (κ2) is 8.55. The van der Waals surface area contributed by atoms with Crippen LogP contribution >= 0.6 is 11.8 Å². The van der Waals surface area contributed by atoms with E-state index in [9.17, 15) is 9.59 Å². The molecule has 2 aromatic heterocycles. The van der Waals surface area contributed by atoms with E-state index in [2.05, 4.69) is 10.4 Å². The summed E-state index contributed by atoms with van der Waals surface area (Å²) in [6.07, 6.45) is 1.66. The van der Waals surface area contributed by atoms with E-state index in [1.165, 1.54) is 11.8 Å². The van der Waals surface area contributed by atoms with Crippen LogP contribution in [0.5, 0.6) is 0 Å². The predicted molar refractivity (Wildman–Crippen MR) is 126 cm³/mol. The number of aromatic nitrogens is 4. The van der Waals surface area contributed by atoms with Crippen LogP contribution in [0.4, 0.5) is 5.82 Å². The van der Waals surface area contributed by atoms with Gasteiger partial charge < -0.3 is 5.32 Å². The number of amides is 1. The van der Waals surface area contributed by atoms with Gasteiger partial charge in [0.2, 0.25) is 5.91 Å². The topological polar surface area (TPSA) is 81.8 Å². The molecule has 2 aromatic carbocycles. The Morgan fingerprint density at radius 2 is 1.84 bits per heavy atom. The SMILES string of the molecule is CCn1c(SC(C)C(=O)Nc2ccnn2C(C)C)nc2cc3ccccc3cc2c1=O. The molecule has 0 aliphatic rings. The van der Waals surface area contributed by atoms with Gasteiger partial charge in [0.15, 0.2) is 5.16 Å². The number of anilines is 1. The minimum Gasteiger partial charge on any atom is -0.310 e. The van der Waals surface area contributed by atoms with Gasteiger partial charge in [0.1, 0.15) is 5.82 Å². The molecule has 0 radical (unpaired) electrons. The van der Waals surface area contributed by atoms with E-state index in [0.717, 1.165) is 10.8 Å². The van der Waals surface area contributed by atoms with Crippen LogP contribution in [0.25, 0.3) is 21.7 Å². The van der Waals surface area contributed by atoms with Gasteiger partial charge >= 0.3 is 0 Å². The van der Waals surface area contributed by atoms with Crippen LogP contribution in [0.1, 0.15) is 33.7 Å². The molecule has 0 aliphatic carbocycles. The number of rotatable bonds is 6. The summed E-state index contributed by atoms with van der Waals surface area (Å²) >= 11 is 1.28. The van der Waals surface area contributed by atoms with Crippen molar-refractivity contribution in [2.75, 3.05) is 5.32 Å². The van der Waals surface area contributed by atoms with Crippen LogP contribution in [0, 0.1) is 0 Å². The standard InChI is InChI=1S/C23H25N5O2S/c1-5-27-22(30)18-12-16-8-6-7-9-17(16)13-19(18)25-23(27)31-15(4)21(29)26-20-10-11-24-28(20)14(2)3/h6-15H,5H2,1-4H3,(H,26,29). The van der Waals surface area contributed by atoms with Crippen molar-refractivity contribution in [3.8, 4) is 0 Å². The molecule has 4 rings (SSSR count). The molecular weight excluding hydrogens is 410 g/mol.